The maximum Gasteiger partial charge on any atom is 0.257 e. The molecule has 0 aliphatic carbocycles. The molecule has 2 aromatic rings. The van der Waals surface area contributed by atoms with Crippen molar-refractivity contribution in [2.45, 2.75) is 20.3 Å². The molecule has 2 aromatic carbocycles. The van der Waals surface area contributed by atoms with Crippen LogP contribution in [0, 0.1) is 0 Å². The van der Waals surface area contributed by atoms with E-state index in [1.807, 2.05) is 12.1 Å². The van der Waals surface area contributed by atoms with Gasteiger partial charge in [0.15, 0.2) is 0 Å². The van der Waals surface area contributed by atoms with Crippen LogP contribution in [0.1, 0.15) is 30.6 Å². The van der Waals surface area contributed by atoms with Crippen LogP contribution >= 0.6 is 11.6 Å². The fraction of sp³-hybridized carbons (Fsp3) is 0.300. The normalized spacial score (nSPS) is 15.4. The summed E-state index contributed by atoms with van der Waals surface area (Å²) < 4.78 is 25.0. The molecule has 0 aromatic heterocycles. The van der Waals surface area contributed by atoms with Crippen LogP contribution in [0.2, 0.25) is 5.02 Å². The molecule has 154 valence electrons. The maximum absolute atomic E-state index is 12.7. The lowest BCUT2D eigenvalue weighted by molar-refractivity contribution is -0.116. The highest BCUT2D eigenvalue weighted by Crippen LogP contribution is 2.29. The quantitative estimate of drug-likeness (QED) is 0.750. The number of benzene rings is 2. The zero-order valence-corrected chi connectivity index (χ0v) is 17.8. The molecule has 0 bridgehead atoms. The van der Waals surface area contributed by atoms with Crippen LogP contribution in [0.15, 0.2) is 42.5 Å². The van der Waals surface area contributed by atoms with E-state index in [9.17, 15) is 18.0 Å². The zero-order chi connectivity index (χ0) is 21.2. The molecule has 1 aliphatic heterocycles. The molecule has 0 atom stereocenters. The minimum atomic E-state index is -3.72. The van der Waals surface area contributed by atoms with E-state index in [1.54, 1.807) is 12.1 Å². The van der Waals surface area contributed by atoms with E-state index in [2.05, 4.69) is 24.1 Å². The van der Waals surface area contributed by atoms with E-state index in [4.69, 9.17) is 11.6 Å². The summed E-state index contributed by atoms with van der Waals surface area (Å²) in [4.78, 5) is 26.9. The van der Waals surface area contributed by atoms with E-state index in [0.717, 1.165) is 23.1 Å². The molecular weight excluding hydrogens is 414 g/mol. The second kappa shape index (κ2) is 8.42. The number of anilines is 3. The van der Waals surface area contributed by atoms with E-state index in [1.165, 1.54) is 18.2 Å². The van der Waals surface area contributed by atoms with Gasteiger partial charge in [0.25, 0.3) is 5.91 Å². The standard InChI is InChI=1S/C20H22ClN3O4S/c1-3-23(4-2)15-7-5-14(6-8-15)22-20(26)17-13-16(9-10-18(17)21)24-19(25)11-12-29(24,27)28/h5-10,13H,3-4,11-12H2,1-2H3,(H,22,26). The monoisotopic (exact) mass is 435 g/mol. The molecular formula is C20H22ClN3O4S. The van der Waals surface area contributed by atoms with Crippen LogP contribution in [-0.2, 0) is 14.8 Å². The first kappa shape index (κ1) is 21.1. The lowest BCUT2D eigenvalue weighted by Crippen LogP contribution is -2.29. The van der Waals surface area contributed by atoms with Crippen molar-refractivity contribution in [3.05, 3.63) is 53.1 Å². The Morgan fingerprint density at radius 2 is 1.79 bits per heavy atom. The van der Waals surface area contributed by atoms with Crippen molar-refractivity contribution in [3.8, 4) is 0 Å². The minimum Gasteiger partial charge on any atom is -0.372 e. The molecule has 29 heavy (non-hydrogen) atoms. The van der Waals surface area contributed by atoms with Gasteiger partial charge in [0.05, 0.1) is 22.0 Å². The molecule has 0 saturated carbocycles. The Morgan fingerprint density at radius 3 is 2.34 bits per heavy atom. The Labute approximate surface area is 175 Å². The lowest BCUT2D eigenvalue weighted by atomic mass is 10.1. The second-order valence-corrected chi connectivity index (χ2v) is 8.91. The van der Waals surface area contributed by atoms with Gasteiger partial charge in [-0.2, -0.15) is 0 Å². The molecule has 1 saturated heterocycles. The predicted octanol–water partition coefficient (Wildman–Crippen LogP) is 3.51. The van der Waals surface area contributed by atoms with Crippen molar-refractivity contribution in [2.75, 3.05) is 33.4 Å². The number of hydrogen-bond acceptors (Lipinski definition) is 5. The third kappa shape index (κ3) is 4.38. The van der Waals surface area contributed by atoms with Crippen molar-refractivity contribution in [3.63, 3.8) is 0 Å². The summed E-state index contributed by atoms with van der Waals surface area (Å²) >= 11 is 6.16. The van der Waals surface area contributed by atoms with Gasteiger partial charge in [-0.15, -0.1) is 0 Å². The van der Waals surface area contributed by atoms with Crippen LogP contribution in [0.25, 0.3) is 0 Å². The van der Waals surface area contributed by atoms with Gasteiger partial charge in [-0.05, 0) is 56.3 Å². The Bertz CT molecular complexity index is 1030. The van der Waals surface area contributed by atoms with Crippen LogP contribution in [0.3, 0.4) is 0 Å². The highest BCUT2D eigenvalue weighted by atomic mass is 35.5. The second-order valence-electron chi connectivity index (χ2n) is 6.56. The Kier molecular flexibility index (Phi) is 6.14. The summed E-state index contributed by atoms with van der Waals surface area (Å²) in [6.45, 7) is 5.89. The van der Waals surface area contributed by atoms with Gasteiger partial charge in [-0.25, -0.2) is 12.7 Å². The molecule has 0 radical (unpaired) electrons. The first-order valence-electron chi connectivity index (χ1n) is 9.28. The summed E-state index contributed by atoms with van der Waals surface area (Å²) in [7, 11) is -3.72. The van der Waals surface area contributed by atoms with Crippen LogP contribution in [0.4, 0.5) is 17.1 Å². The van der Waals surface area contributed by atoms with Crippen molar-refractivity contribution < 1.29 is 18.0 Å². The summed E-state index contributed by atoms with van der Waals surface area (Å²) in [5.74, 6) is -1.25. The number of hydrogen-bond donors (Lipinski definition) is 1. The number of nitrogens with zero attached hydrogens (tertiary/aromatic N) is 2. The third-order valence-corrected chi connectivity index (χ3v) is 6.78. The highest BCUT2D eigenvalue weighted by molar-refractivity contribution is 7.94. The molecule has 3 rings (SSSR count). The third-order valence-electron chi connectivity index (χ3n) is 4.76. The largest absolute Gasteiger partial charge is 0.372 e. The molecule has 1 heterocycles. The van der Waals surface area contributed by atoms with Gasteiger partial charge in [0.2, 0.25) is 15.9 Å². The molecule has 1 fully saturated rings. The number of rotatable bonds is 6. The maximum atomic E-state index is 12.7. The number of carbonyl (C=O) groups is 2. The van der Waals surface area contributed by atoms with Gasteiger partial charge in [0.1, 0.15) is 0 Å². The van der Waals surface area contributed by atoms with Crippen molar-refractivity contribution in [2.24, 2.45) is 0 Å². The van der Waals surface area contributed by atoms with Gasteiger partial charge in [0, 0.05) is 30.9 Å². The lowest BCUT2D eigenvalue weighted by Gasteiger charge is -2.21. The van der Waals surface area contributed by atoms with E-state index in [0.29, 0.717) is 5.69 Å². The number of sulfonamides is 1. The van der Waals surface area contributed by atoms with Gasteiger partial charge in [-0.3, -0.25) is 9.59 Å². The van der Waals surface area contributed by atoms with Gasteiger partial charge >= 0.3 is 0 Å². The molecule has 9 heteroatoms. The average Bonchev–Trinajstić information content (AvgIpc) is 2.97. The molecule has 1 aliphatic rings. The van der Waals surface area contributed by atoms with Crippen LogP contribution in [-0.4, -0.2) is 39.1 Å². The topological polar surface area (TPSA) is 86.8 Å². The Hall–Kier alpha value is -2.58. The fourth-order valence-electron chi connectivity index (χ4n) is 3.23. The molecule has 7 nitrogen and oxygen atoms in total. The molecule has 0 spiro atoms. The Balaban J connectivity index is 1.83. The minimum absolute atomic E-state index is 0.0780. The van der Waals surface area contributed by atoms with Crippen molar-refractivity contribution in [1.29, 1.82) is 0 Å². The molecule has 1 N–H and O–H groups in total. The van der Waals surface area contributed by atoms with Crippen LogP contribution < -0.4 is 14.5 Å². The molecule has 0 unspecified atom stereocenters. The van der Waals surface area contributed by atoms with Crippen LogP contribution in [0.5, 0.6) is 0 Å². The first-order valence-corrected chi connectivity index (χ1v) is 11.3. The average molecular weight is 436 g/mol. The summed E-state index contributed by atoms with van der Waals surface area (Å²) in [6.07, 6.45) is -0.0780. The SMILES string of the molecule is CCN(CC)c1ccc(NC(=O)c2cc(N3C(=O)CCS3(=O)=O)ccc2Cl)cc1. The summed E-state index contributed by atoms with van der Waals surface area (Å²) in [6, 6.07) is 11.6. The predicted molar refractivity (Wildman–Crippen MR) is 115 cm³/mol. The summed E-state index contributed by atoms with van der Waals surface area (Å²) in [5.41, 5.74) is 1.83. The van der Waals surface area contributed by atoms with Gasteiger partial charge in [-0.1, -0.05) is 11.6 Å². The summed E-state index contributed by atoms with van der Waals surface area (Å²) in [5, 5.41) is 2.92. The van der Waals surface area contributed by atoms with E-state index < -0.39 is 21.8 Å². The fourth-order valence-corrected chi connectivity index (χ4v) is 4.88. The number of amides is 2. The first-order chi connectivity index (χ1) is 13.8. The number of carbonyl (C=O) groups excluding carboxylic acids is 2. The van der Waals surface area contributed by atoms with Crippen molar-refractivity contribution in [1.82, 2.24) is 0 Å². The Morgan fingerprint density at radius 1 is 1.14 bits per heavy atom. The van der Waals surface area contributed by atoms with Gasteiger partial charge < -0.3 is 10.2 Å². The smallest absolute Gasteiger partial charge is 0.257 e. The number of nitrogens with one attached hydrogen (secondary N) is 1. The zero-order valence-electron chi connectivity index (χ0n) is 16.2. The molecule has 2 amide bonds. The highest BCUT2D eigenvalue weighted by Gasteiger charge is 2.36. The van der Waals surface area contributed by atoms with E-state index in [-0.39, 0.29) is 28.4 Å². The van der Waals surface area contributed by atoms with E-state index >= 15 is 0 Å². The number of halogens is 1. The van der Waals surface area contributed by atoms with Crippen molar-refractivity contribution >= 4 is 50.5 Å².